The van der Waals surface area contributed by atoms with E-state index in [1.165, 1.54) is 73.9 Å². The molecule has 446 valence electrons. The van der Waals surface area contributed by atoms with Gasteiger partial charge in [-0.2, -0.15) is 10.2 Å². The van der Waals surface area contributed by atoms with E-state index in [4.69, 9.17) is 45.9 Å². The fraction of sp³-hybridized carbons (Fsp3) is 0.214. The highest BCUT2D eigenvalue weighted by Gasteiger charge is 2.26. The molecule has 9 amide bonds. The van der Waals surface area contributed by atoms with Crippen LogP contribution in [0.2, 0.25) is 10.0 Å². The number of hydrogen-bond acceptors (Lipinski definition) is 13. The molecule has 0 aliphatic carbocycles. The molecule has 4 heterocycles. The van der Waals surface area contributed by atoms with Crippen molar-refractivity contribution in [2.45, 2.75) is 66.0 Å². The topological polar surface area (TPSA) is 379 Å². The summed E-state index contributed by atoms with van der Waals surface area (Å²) in [6.45, 7) is 5.44. The zero-order chi connectivity index (χ0) is 62.8. The van der Waals surface area contributed by atoms with Gasteiger partial charge < -0.3 is 48.3 Å². The lowest BCUT2D eigenvalue weighted by Crippen LogP contribution is -2.45. The third-order valence-electron chi connectivity index (χ3n) is 12.3. The van der Waals surface area contributed by atoms with Gasteiger partial charge in [-0.15, -0.1) is 0 Å². The SMILES string of the molecule is CC(C)N(CC(=O)NCc1cccc(Cl)c1F)C(=O)Cn1nc(C(N)=O)c2cc(C(=O)N=[N+]=[N-])ccc21.CC(C)N(CC(=O)NCc1cccc(Cl)c1F)C(=O)Cn1nc(C(N)=O)c2cc(NC(=O)Nc3cccnc3)ccc21.Nc1cccnc1. The number of azide groups is 1. The van der Waals surface area contributed by atoms with Crippen molar-refractivity contribution in [3.05, 3.63) is 182 Å². The Morgan fingerprint density at radius 1 is 0.640 bits per heavy atom. The Hall–Kier alpha value is -10.6. The molecular weight excluding hydrogens is 1160 g/mol. The number of rotatable bonds is 19. The summed E-state index contributed by atoms with van der Waals surface area (Å²) in [5.41, 5.74) is 27.2. The molecule has 86 heavy (non-hydrogen) atoms. The fourth-order valence-corrected chi connectivity index (χ4v) is 8.50. The minimum atomic E-state index is -0.891. The van der Waals surface area contributed by atoms with E-state index in [1.54, 1.807) is 94.8 Å². The molecule has 0 aliphatic heterocycles. The molecule has 0 aliphatic rings. The van der Waals surface area contributed by atoms with Gasteiger partial charge in [0.05, 0.1) is 51.7 Å². The first-order chi connectivity index (χ1) is 40.9. The number of anilines is 3. The summed E-state index contributed by atoms with van der Waals surface area (Å²) in [6, 6.07) is 23.4. The lowest BCUT2D eigenvalue weighted by atomic mass is 10.1. The van der Waals surface area contributed by atoms with Crippen LogP contribution in [0.25, 0.3) is 32.2 Å². The summed E-state index contributed by atoms with van der Waals surface area (Å²) in [6.07, 6.45) is 6.36. The number of amides is 9. The molecule has 0 spiro atoms. The molecule has 26 nitrogen and oxygen atoms in total. The number of hydrogen-bond donors (Lipinski definition) is 7. The number of carbonyl (C=O) groups is 8. The van der Waals surface area contributed by atoms with Crippen molar-refractivity contribution in [3.8, 4) is 0 Å². The lowest BCUT2D eigenvalue weighted by molar-refractivity contribution is -0.138. The standard InChI is InChI=1S/C28H28ClFN8O4.C23H22ClFN8O4.C5H6N2/c1-16(2)37(14-23(39)33-12-17-5-3-7-21(29)25(17)30)24(40)15-38-22-9-8-18(11-20(22)26(36-38)27(31)41)34-28(42)35-19-6-4-10-32-13-19;1-12(2)32(10-18(34)28-9-14-4-3-5-16(24)20(14)25)19(35)11-33-17-7-6-13(23(37)29-31-27)8-15(17)21(30-33)22(26)36;6-5-2-1-3-7-4-5/h3-11,13,16H,12,14-15H2,1-2H3,(H2,31,41)(H,33,39)(H2,34,35,42);3-8,12H,9-11H2,1-2H3,(H2,26,36)(H,28,34);1-4H,6H2. The average Bonchev–Trinajstić information content (AvgIpc) is 3.19. The van der Waals surface area contributed by atoms with Crippen LogP contribution in [0.1, 0.15) is 70.2 Å². The molecule has 0 unspecified atom stereocenters. The van der Waals surface area contributed by atoms with Crippen LogP contribution in [0.3, 0.4) is 0 Å². The first-order valence-electron chi connectivity index (χ1n) is 25.8. The number of nitrogens with two attached hydrogens (primary N) is 3. The minimum Gasteiger partial charge on any atom is -0.397 e. The zero-order valence-electron chi connectivity index (χ0n) is 46.4. The molecule has 30 heteroatoms. The summed E-state index contributed by atoms with van der Waals surface area (Å²) in [4.78, 5) is 113. The molecule has 8 rings (SSSR count). The summed E-state index contributed by atoms with van der Waals surface area (Å²) in [5.74, 6) is -5.81. The Kier molecular flexibility index (Phi) is 22.6. The summed E-state index contributed by atoms with van der Waals surface area (Å²) < 4.78 is 30.8. The summed E-state index contributed by atoms with van der Waals surface area (Å²) in [5, 5.41) is 22.2. The van der Waals surface area contributed by atoms with Gasteiger partial charge in [-0.25, -0.2) is 13.6 Å². The van der Waals surface area contributed by atoms with Crippen LogP contribution in [-0.4, -0.2) is 112 Å². The monoisotopic (exact) mass is 1220 g/mol. The Bertz CT molecular complexity index is 3880. The number of nitrogens with zero attached hydrogens (tertiary/aromatic N) is 11. The average molecular weight is 1220 g/mol. The summed E-state index contributed by atoms with van der Waals surface area (Å²) in [7, 11) is 0. The molecule has 0 saturated carbocycles. The molecule has 0 saturated heterocycles. The van der Waals surface area contributed by atoms with Gasteiger partial charge in [-0.3, -0.25) is 52.9 Å². The maximum absolute atomic E-state index is 14.2. The van der Waals surface area contributed by atoms with Gasteiger partial charge in [0, 0.05) is 81.8 Å². The molecule has 8 aromatic rings. The first-order valence-corrected chi connectivity index (χ1v) is 26.5. The van der Waals surface area contributed by atoms with Crippen molar-refractivity contribution < 1.29 is 47.1 Å². The number of fused-ring (bicyclic) bond motifs is 2. The quantitative estimate of drug-likeness (QED) is 0.0241. The van der Waals surface area contributed by atoms with E-state index in [0.717, 1.165) is 0 Å². The van der Waals surface area contributed by atoms with Crippen molar-refractivity contribution >= 4 is 109 Å². The van der Waals surface area contributed by atoms with Gasteiger partial charge in [0.25, 0.3) is 11.8 Å². The lowest BCUT2D eigenvalue weighted by Gasteiger charge is -2.26. The number of benzene rings is 4. The second-order valence-corrected chi connectivity index (χ2v) is 19.8. The Morgan fingerprint density at radius 2 is 1.12 bits per heavy atom. The smallest absolute Gasteiger partial charge is 0.323 e. The van der Waals surface area contributed by atoms with Crippen LogP contribution in [0, 0.1) is 11.6 Å². The minimum absolute atomic E-state index is 0.00953. The number of halogens is 4. The van der Waals surface area contributed by atoms with Gasteiger partial charge in [0.15, 0.2) is 11.4 Å². The van der Waals surface area contributed by atoms with Crippen LogP contribution in [-0.2, 0) is 45.4 Å². The van der Waals surface area contributed by atoms with E-state index >= 15 is 0 Å². The van der Waals surface area contributed by atoms with E-state index in [1.807, 2.05) is 0 Å². The fourth-order valence-electron chi connectivity index (χ4n) is 8.11. The zero-order valence-corrected chi connectivity index (χ0v) is 47.9. The molecule has 10 N–H and O–H groups in total. The van der Waals surface area contributed by atoms with Crippen LogP contribution in [0.15, 0.2) is 127 Å². The van der Waals surface area contributed by atoms with Crippen molar-refractivity contribution in [1.29, 1.82) is 0 Å². The highest BCUT2D eigenvalue weighted by Crippen LogP contribution is 2.25. The van der Waals surface area contributed by atoms with E-state index in [0.29, 0.717) is 33.5 Å². The summed E-state index contributed by atoms with van der Waals surface area (Å²) >= 11 is 11.6. The number of carbonyl (C=O) groups excluding carboxylic acids is 8. The van der Waals surface area contributed by atoms with E-state index in [-0.39, 0.29) is 94.9 Å². The highest BCUT2D eigenvalue weighted by molar-refractivity contribution is 6.31. The van der Waals surface area contributed by atoms with Gasteiger partial charge in [0.1, 0.15) is 24.7 Å². The third-order valence-corrected chi connectivity index (χ3v) is 12.9. The second-order valence-electron chi connectivity index (χ2n) is 19.0. The second kappa shape index (κ2) is 30.1. The third kappa shape index (κ3) is 17.5. The molecular formula is C56H56Cl2F2N18O8. The molecule has 0 atom stereocenters. The molecule has 0 radical (unpaired) electrons. The normalized spacial score (nSPS) is 10.6. The molecule has 4 aromatic heterocycles. The number of pyridine rings is 2. The van der Waals surface area contributed by atoms with Crippen molar-refractivity contribution in [2.75, 3.05) is 29.5 Å². The van der Waals surface area contributed by atoms with Crippen molar-refractivity contribution in [1.82, 2.24) is 50.0 Å². The van der Waals surface area contributed by atoms with Crippen LogP contribution in [0.5, 0.6) is 0 Å². The first kappa shape index (κ1) is 64.6. The van der Waals surface area contributed by atoms with Crippen LogP contribution < -0.4 is 38.5 Å². The maximum atomic E-state index is 14.2. The predicted molar refractivity (Wildman–Crippen MR) is 316 cm³/mol. The number of primary amides is 2. The number of nitrogen functional groups attached to an aromatic ring is 1. The van der Waals surface area contributed by atoms with Crippen molar-refractivity contribution in [2.24, 2.45) is 16.6 Å². The molecule has 4 aromatic carbocycles. The van der Waals surface area contributed by atoms with Crippen LogP contribution in [0.4, 0.5) is 30.6 Å². The number of nitrogens with one attached hydrogen (secondary N) is 4. The number of aromatic nitrogens is 6. The molecule has 0 fully saturated rings. The van der Waals surface area contributed by atoms with Crippen LogP contribution >= 0.6 is 23.2 Å². The Labute approximate surface area is 498 Å². The van der Waals surface area contributed by atoms with Gasteiger partial charge in [-0.05, 0) is 111 Å². The molecule has 0 bridgehead atoms. The van der Waals surface area contributed by atoms with Gasteiger partial charge in [-0.1, -0.05) is 47.5 Å². The highest BCUT2D eigenvalue weighted by atomic mass is 35.5. The Balaban J connectivity index is 0.000000248. The number of urea groups is 1. The van der Waals surface area contributed by atoms with E-state index in [2.05, 4.69) is 51.5 Å². The van der Waals surface area contributed by atoms with E-state index in [9.17, 15) is 47.1 Å². The maximum Gasteiger partial charge on any atom is 0.323 e. The Morgan fingerprint density at radius 3 is 1.55 bits per heavy atom. The van der Waals surface area contributed by atoms with Gasteiger partial charge >= 0.3 is 6.03 Å². The van der Waals surface area contributed by atoms with Gasteiger partial charge in [0.2, 0.25) is 29.5 Å². The van der Waals surface area contributed by atoms with Crippen molar-refractivity contribution in [3.63, 3.8) is 0 Å². The predicted octanol–water partition coefficient (Wildman–Crippen LogP) is 7.12. The largest absolute Gasteiger partial charge is 0.397 e. The van der Waals surface area contributed by atoms with E-state index < -0.39 is 59.0 Å².